The molecule has 1 atom stereocenters. The number of hydrogen-bond acceptors (Lipinski definition) is 3. The van der Waals surface area contributed by atoms with Crippen molar-refractivity contribution in [2.45, 2.75) is 84.3 Å². The third kappa shape index (κ3) is 4.03. The third-order valence-electron chi connectivity index (χ3n) is 7.04. The number of aromatic nitrogens is 1. The van der Waals surface area contributed by atoms with Gasteiger partial charge < -0.3 is 19.2 Å². The molecule has 1 aliphatic heterocycles. The number of amides is 2. The molecule has 1 fully saturated rings. The summed E-state index contributed by atoms with van der Waals surface area (Å²) in [7, 11) is 0. The third-order valence-corrected chi connectivity index (χ3v) is 7.04. The Bertz CT molecular complexity index is 1070. The van der Waals surface area contributed by atoms with E-state index in [2.05, 4.69) is 17.5 Å². The number of fused-ring (bicyclic) bond motifs is 3. The van der Waals surface area contributed by atoms with Crippen molar-refractivity contribution in [2.75, 3.05) is 6.54 Å². The van der Waals surface area contributed by atoms with Gasteiger partial charge in [-0.1, -0.05) is 43.1 Å². The molecule has 1 aliphatic carbocycles. The molecule has 2 aliphatic rings. The summed E-state index contributed by atoms with van der Waals surface area (Å²) < 4.78 is 7.76. The van der Waals surface area contributed by atoms with Gasteiger partial charge in [0.15, 0.2) is 5.58 Å². The van der Waals surface area contributed by atoms with Crippen LogP contribution in [0.5, 0.6) is 0 Å². The summed E-state index contributed by atoms with van der Waals surface area (Å²) in [6.07, 6.45) is 12.4. The molecular formula is C26H35N3O3. The van der Waals surface area contributed by atoms with E-state index in [9.17, 15) is 9.59 Å². The maximum absolute atomic E-state index is 13.7. The number of rotatable bonds is 6. The molecule has 0 radical (unpaired) electrons. The number of hydrogen-bond donors (Lipinski definition) is 1. The highest BCUT2D eigenvalue weighted by atomic mass is 16.3. The van der Waals surface area contributed by atoms with E-state index in [1.165, 1.54) is 6.42 Å². The van der Waals surface area contributed by atoms with Crippen LogP contribution >= 0.6 is 0 Å². The Hall–Kier alpha value is -2.76. The summed E-state index contributed by atoms with van der Waals surface area (Å²) in [6.45, 7) is 8.71. The molecule has 2 aromatic heterocycles. The van der Waals surface area contributed by atoms with E-state index in [0.717, 1.165) is 42.5 Å². The van der Waals surface area contributed by atoms with E-state index in [0.29, 0.717) is 30.8 Å². The van der Waals surface area contributed by atoms with Crippen molar-refractivity contribution in [3.05, 3.63) is 47.4 Å². The number of aryl methyl sites for hydroxylation is 1. The van der Waals surface area contributed by atoms with E-state index in [-0.39, 0.29) is 17.9 Å². The van der Waals surface area contributed by atoms with Gasteiger partial charge in [0.05, 0.1) is 12.1 Å². The smallest absolute Gasteiger partial charge is 0.271 e. The lowest BCUT2D eigenvalue weighted by Crippen LogP contribution is -2.65. The average molecular weight is 438 g/mol. The average Bonchev–Trinajstić information content (AvgIpc) is 3.30. The molecule has 4 rings (SSSR count). The fraction of sp³-hybridized carbons (Fsp3) is 0.538. The van der Waals surface area contributed by atoms with Crippen LogP contribution in [0.25, 0.3) is 11.1 Å². The van der Waals surface area contributed by atoms with Gasteiger partial charge in [-0.3, -0.25) is 9.59 Å². The topological polar surface area (TPSA) is 67.5 Å². The summed E-state index contributed by atoms with van der Waals surface area (Å²) in [6, 6.07) is 3.96. The van der Waals surface area contributed by atoms with Crippen LogP contribution in [0, 0.1) is 6.92 Å². The Morgan fingerprint density at radius 2 is 2.00 bits per heavy atom. The Morgan fingerprint density at radius 1 is 1.25 bits per heavy atom. The van der Waals surface area contributed by atoms with E-state index in [4.69, 9.17) is 4.42 Å². The molecule has 0 spiro atoms. The Morgan fingerprint density at radius 3 is 2.69 bits per heavy atom. The van der Waals surface area contributed by atoms with Gasteiger partial charge in [0.25, 0.3) is 5.91 Å². The first kappa shape index (κ1) is 22.4. The molecule has 2 amide bonds. The number of carbonyl (C=O) groups is 2. The molecule has 0 aromatic carbocycles. The standard InChI is InChI=1S/C26H35N3O3/c1-5-10-19(6-2)13-14-29-24(30)22-16-23-21(15-18(3)32-23)28(22)17-26(29,4)25(31)27-20-11-8-7-9-12-20/h5-6,10,15-16,20H,7-9,11-14,17H2,1-4H3,(H,27,31)/b10-5-,19-6+. The fourth-order valence-corrected chi connectivity index (χ4v) is 5.18. The highest BCUT2D eigenvalue weighted by Gasteiger charge is 2.48. The van der Waals surface area contributed by atoms with E-state index in [1.54, 1.807) is 4.90 Å². The fourth-order valence-electron chi connectivity index (χ4n) is 5.18. The maximum Gasteiger partial charge on any atom is 0.271 e. The van der Waals surface area contributed by atoms with Crippen molar-refractivity contribution < 1.29 is 14.0 Å². The molecule has 6 nitrogen and oxygen atoms in total. The van der Waals surface area contributed by atoms with Gasteiger partial charge in [-0.05, 0) is 47.0 Å². The van der Waals surface area contributed by atoms with Gasteiger partial charge in [0.1, 0.15) is 17.0 Å². The predicted molar refractivity (Wildman–Crippen MR) is 127 cm³/mol. The lowest BCUT2D eigenvalue weighted by Gasteiger charge is -2.45. The second-order valence-corrected chi connectivity index (χ2v) is 9.37. The Balaban J connectivity index is 1.68. The van der Waals surface area contributed by atoms with Gasteiger partial charge in [-0.25, -0.2) is 0 Å². The SMILES string of the molecule is C/C=C\C(=C/C)CCN1C(=O)c2cc3oc(C)cc3n2CC1(C)C(=O)NC1CCCCC1. The monoisotopic (exact) mass is 437 g/mol. The highest BCUT2D eigenvalue weighted by molar-refractivity contribution is 6.03. The quantitative estimate of drug-likeness (QED) is 0.638. The molecule has 1 N–H and O–H groups in total. The summed E-state index contributed by atoms with van der Waals surface area (Å²) in [5, 5.41) is 3.28. The minimum Gasteiger partial charge on any atom is -0.460 e. The minimum absolute atomic E-state index is 0.0569. The number of nitrogens with zero attached hydrogens (tertiary/aromatic N) is 2. The second kappa shape index (κ2) is 9.00. The van der Waals surface area contributed by atoms with Gasteiger partial charge in [0, 0.05) is 24.7 Å². The van der Waals surface area contributed by atoms with E-state index >= 15 is 0 Å². The Kier molecular flexibility index (Phi) is 6.31. The molecule has 2 aromatic rings. The molecule has 0 saturated heterocycles. The zero-order valence-corrected chi connectivity index (χ0v) is 19.7. The maximum atomic E-state index is 13.7. The highest BCUT2D eigenvalue weighted by Crippen LogP contribution is 2.34. The molecule has 32 heavy (non-hydrogen) atoms. The molecular weight excluding hydrogens is 402 g/mol. The second-order valence-electron chi connectivity index (χ2n) is 9.37. The van der Waals surface area contributed by atoms with Crippen LogP contribution in [0.2, 0.25) is 0 Å². The summed E-state index contributed by atoms with van der Waals surface area (Å²) in [4.78, 5) is 29.1. The van der Waals surface area contributed by atoms with Crippen molar-refractivity contribution in [1.82, 2.24) is 14.8 Å². The molecule has 1 unspecified atom stereocenters. The van der Waals surface area contributed by atoms with Crippen LogP contribution < -0.4 is 5.32 Å². The molecule has 1 saturated carbocycles. The zero-order valence-electron chi connectivity index (χ0n) is 19.7. The summed E-state index contributed by atoms with van der Waals surface area (Å²) in [5.74, 6) is 0.633. The molecule has 3 heterocycles. The largest absolute Gasteiger partial charge is 0.460 e. The van der Waals surface area contributed by atoms with Crippen LogP contribution in [0.3, 0.4) is 0 Å². The van der Waals surface area contributed by atoms with Crippen LogP contribution in [0.15, 0.2) is 40.4 Å². The van der Waals surface area contributed by atoms with Gasteiger partial charge in [0.2, 0.25) is 5.91 Å². The first-order chi connectivity index (χ1) is 15.4. The zero-order chi connectivity index (χ0) is 22.9. The van der Waals surface area contributed by atoms with Crippen LogP contribution in [0.1, 0.15) is 75.5 Å². The van der Waals surface area contributed by atoms with E-state index < -0.39 is 5.54 Å². The number of carbonyl (C=O) groups excluding carboxylic acids is 2. The first-order valence-corrected chi connectivity index (χ1v) is 11.9. The molecule has 0 bridgehead atoms. The van der Waals surface area contributed by atoms with Crippen molar-refractivity contribution in [3.8, 4) is 0 Å². The first-order valence-electron chi connectivity index (χ1n) is 11.9. The van der Waals surface area contributed by atoms with Crippen molar-refractivity contribution >= 4 is 22.9 Å². The van der Waals surface area contributed by atoms with Gasteiger partial charge in [-0.15, -0.1) is 0 Å². The molecule has 6 heteroatoms. The summed E-state index contributed by atoms with van der Waals surface area (Å²) >= 11 is 0. The van der Waals surface area contributed by atoms with Crippen LogP contribution in [-0.4, -0.2) is 39.4 Å². The number of nitrogens with one attached hydrogen (secondary N) is 1. The van der Waals surface area contributed by atoms with Crippen molar-refractivity contribution in [1.29, 1.82) is 0 Å². The van der Waals surface area contributed by atoms with Crippen LogP contribution in [-0.2, 0) is 11.3 Å². The number of allylic oxidation sites excluding steroid dienone is 3. The lowest BCUT2D eigenvalue weighted by molar-refractivity contribution is -0.133. The van der Waals surface area contributed by atoms with Gasteiger partial charge >= 0.3 is 0 Å². The Labute approximate surface area is 190 Å². The minimum atomic E-state index is -0.965. The van der Waals surface area contributed by atoms with E-state index in [1.807, 2.05) is 50.5 Å². The van der Waals surface area contributed by atoms with Crippen molar-refractivity contribution in [2.24, 2.45) is 0 Å². The van der Waals surface area contributed by atoms with Gasteiger partial charge in [-0.2, -0.15) is 0 Å². The van der Waals surface area contributed by atoms with Crippen LogP contribution in [0.4, 0.5) is 0 Å². The summed E-state index contributed by atoms with van der Waals surface area (Å²) in [5.41, 5.74) is 2.36. The lowest BCUT2D eigenvalue weighted by atomic mass is 9.91. The molecule has 172 valence electrons. The normalized spacial score (nSPS) is 22.7. The van der Waals surface area contributed by atoms with Crippen molar-refractivity contribution in [3.63, 3.8) is 0 Å². The number of furan rings is 1. The predicted octanol–water partition coefficient (Wildman–Crippen LogP) is 5.12.